The smallest absolute Gasteiger partial charge is 0.128 e. The maximum absolute atomic E-state index is 12.8. The van der Waals surface area contributed by atoms with Gasteiger partial charge >= 0.3 is 0 Å². The first kappa shape index (κ1) is 11.1. The number of fused-ring (bicyclic) bond motifs is 1. The molecule has 1 saturated heterocycles. The molecular weight excluding hydrogens is 262 g/mol. The maximum atomic E-state index is 12.8. The molecule has 0 bridgehead atoms. The van der Waals surface area contributed by atoms with Crippen molar-refractivity contribution in [3.05, 3.63) is 30.3 Å². The highest BCUT2D eigenvalue weighted by Crippen LogP contribution is 2.81. The molecule has 4 heteroatoms. The van der Waals surface area contributed by atoms with E-state index in [1.807, 2.05) is 30.3 Å². The lowest BCUT2D eigenvalue weighted by atomic mass is 10.1. The average molecular weight is 275 g/mol. The van der Waals surface area contributed by atoms with E-state index < -0.39 is 11.5 Å². The summed E-state index contributed by atoms with van der Waals surface area (Å²) in [5, 5.41) is 0.979. The predicted molar refractivity (Wildman–Crippen MR) is 69.5 cm³/mol. The van der Waals surface area contributed by atoms with Crippen molar-refractivity contribution in [2.24, 2.45) is 11.3 Å². The zero-order valence-electron chi connectivity index (χ0n) is 8.99. The van der Waals surface area contributed by atoms with Crippen molar-refractivity contribution in [2.75, 3.05) is 12.3 Å². The lowest BCUT2D eigenvalue weighted by Crippen LogP contribution is -2.16. The monoisotopic (exact) mass is 274 g/mol. The summed E-state index contributed by atoms with van der Waals surface area (Å²) in [4.78, 5) is 0. The molecule has 1 saturated carbocycles. The zero-order chi connectivity index (χ0) is 11.6. The topological polar surface area (TPSA) is 17.1 Å². The van der Waals surface area contributed by atoms with Crippen LogP contribution in [0.3, 0.4) is 0 Å². The van der Waals surface area contributed by atoms with Gasteiger partial charge in [0.25, 0.3) is 0 Å². The Bertz CT molecular complexity index is 485. The summed E-state index contributed by atoms with van der Waals surface area (Å²) in [5.41, 5.74) is -0.137. The Labute approximate surface area is 106 Å². The molecule has 1 aliphatic carbocycles. The van der Waals surface area contributed by atoms with Gasteiger partial charge in [0.1, 0.15) is 11.5 Å². The Morgan fingerprint density at radius 3 is 2.44 bits per heavy atom. The first-order valence-electron chi connectivity index (χ1n) is 5.42. The summed E-state index contributed by atoms with van der Waals surface area (Å²) < 4.78 is 12.2. The molecule has 1 heterocycles. The van der Waals surface area contributed by atoms with E-state index in [1.54, 1.807) is 0 Å². The minimum atomic E-state index is -2.24. The summed E-state index contributed by atoms with van der Waals surface area (Å²) in [6, 6.07) is 9.74. The molecule has 0 spiro atoms. The molecule has 3 atom stereocenters. The van der Waals surface area contributed by atoms with Crippen molar-refractivity contribution < 1.29 is 4.57 Å². The van der Waals surface area contributed by atoms with Gasteiger partial charge in [0, 0.05) is 29.0 Å². The van der Waals surface area contributed by atoms with E-state index in [0.717, 1.165) is 5.30 Å². The Balaban J connectivity index is 1.95. The first-order valence-corrected chi connectivity index (χ1v) is 8.25. The molecule has 0 aromatic heterocycles. The number of halogens is 2. The third-order valence-electron chi connectivity index (χ3n) is 4.17. The Hall–Kier alpha value is 0.0300. The second-order valence-corrected chi connectivity index (χ2v) is 9.52. The quantitative estimate of drug-likeness (QED) is 0.566. The molecule has 16 heavy (non-hydrogen) atoms. The van der Waals surface area contributed by atoms with Gasteiger partial charge in [-0.15, -0.1) is 23.2 Å². The summed E-state index contributed by atoms with van der Waals surface area (Å²) in [5.74, 6) is 0.203. The third kappa shape index (κ3) is 1.23. The van der Waals surface area contributed by atoms with Gasteiger partial charge in [0.15, 0.2) is 0 Å². The van der Waals surface area contributed by atoms with E-state index in [0.29, 0.717) is 12.3 Å². The Morgan fingerprint density at radius 1 is 1.31 bits per heavy atom. The van der Waals surface area contributed by atoms with Crippen molar-refractivity contribution in [2.45, 2.75) is 11.3 Å². The summed E-state index contributed by atoms with van der Waals surface area (Å²) in [6.07, 6.45) is 1.32. The molecular formula is C12H13Cl2OP. The van der Waals surface area contributed by atoms with Crippen molar-refractivity contribution >= 4 is 35.6 Å². The van der Waals surface area contributed by atoms with Crippen molar-refractivity contribution in [1.82, 2.24) is 0 Å². The molecule has 2 fully saturated rings. The molecule has 0 N–H and O–H groups in total. The zero-order valence-corrected chi connectivity index (χ0v) is 11.4. The molecule has 1 aliphatic heterocycles. The number of benzene rings is 1. The second-order valence-electron chi connectivity index (χ2n) is 5.16. The second kappa shape index (κ2) is 3.07. The normalized spacial score (nSPS) is 44.1. The van der Waals surface area contributed by atoms with Crippen LogP contribution >= 0.6 is 30.3 Å². The lowest BCUT2D eigenvalue weighted by Gasteiger charge is -2.19. The highest BCUT2D eigenvalue weighted by molar-refractivity contribution is 7.72. The van der Waals surface area contributed by atoms with Crippen LogP contribution < -0.4 is 5.30 Å². The van der Waals surface area contributed by atoms with Gasteiger partial charge in [-0.25, -0.2) is 0 Å². The SMILES string of the molecule is C[C@]12CP(=O)(c3ccccc3)C[C@H]1C2(Cl)Cl. The standard InChI is InChI=1S/C12H13Cl2OP/c1-11-8-16(15,7-10(11)12(11,13)14)9-5-3-2-4-6-9/h2-6,10H,7-8H2,1H3/t10-,11+,16?/m1/s1. The molecule has 1 unspecified atom stereocenters. The molecule has 0 radical (unpaired) electrons. The highest BCUT2D eigenvalue weighted by atomic mass is 35.5. The minimum Gasteiger partial charge on any atom is -0.319 e. The Kier molecular flexibility index (Phi) is 2.14. The van der Waals surface area contributed by atoms with E-state index in [9.17, 15) is 4.57 Å². The van der Waals surface area contributed by atoms with Gasteiger partial charge < -0.3 is 4.57 Å². The van der Waals surface area contributed by atoms with Crippen LogP contribution in [0.25, 0.3) is 0 Å². The lowest BCUT2D eigenvalue weighted by molar-refractivity contribution is 0.572. The largest absolute Gasteiger partial charge is 0.319 e. The van der Waals surface area contributed by atoms with Crippen LogP contribution in [0.2, 0.25) is 0 Å². The van der Waals surface area contributed by atoms with Crippen LogP contribution in [0.1, 0.15) is 6.92 Å². The fourth-order valence-corrected chi connectivity index (χ4v) is 8.35. The molecule has 86 valence electrons. The molecule has 3 rings (SSSR count). The van der Waals surface area contributed by atoms with Crippen LogP contribution in [-0.2, 0) is 4.57 Å². The number of hydrogen-bond acceptors (Lipinski definition) is 1. The van der Waals surface area contributed by atoms with Gasteiger partial charge in [-0.05, 0) is 0 Å². The molecule has 1 aromatic carbocycles. The van der Waals surface area contributed by atoms with E-state index >= 15 is 0 Å². The average Bonchev–Trinajstić information content (AvgIpc) is 2.57. The molecule has 1 aromatic rings. The number of hydrogen-bond donors (Lipinski definition) is 0. The maximum Gasteiger partial charge on any atom is 0.128 e. The van der Waals surface area contributed by atoms with E-state index in [-0.39, 0.29) is 11.3 Å². The predicted octanol–water partition coefficient (Wildman–Crippen LogP) is 3.50. The molecule has 2 aliphatic rings. The van der Waals surface area contributed by atoms with E-state index in [4.69, 9.17) is 23.2 Å². The summed E-state index contributed by atoms with van der Waals surface area (Å²) in [6.45, 7) is 2.06. The van der Waals surface area contributed by atoms with Gasteiger partial charge in [-0.2, -0.15) is 0 Å². The van der Waals surface area contributed by atoms with Gasteiger partial charge in [0.05, 0.1) is 0 Å². The van der Waals surface area contributed by atoms with Crippen molar-refractivity contribution in [3.8, 4) is 0 Å². The summed E-state index contributed by atoms with van der Waals surface area (Å²) >= 11 is 12.4. The third-order valence-corrected chi connectivity index (χ3v) is 8.93. The number of alkyl halides is 2. The van der Waals surface area contributed by atoms with Gasteiger partial charge in [0.2, 0.25) is 0 Å². The summed E-state index contributed by atoms with van der Waals surface area (Å²) in [7, 11) is -2.24. The van der Waals surface area contributed by atoms with Crippen LogP contribution in [0, 0.1) is 11.3 Å². The van der Waals surface area contributed by atoms with Crippen molar-refractivity contribution in [1.29, 1.82) is 0 Å². The van der Waals surface area contributed by atoms with Crippen molar-refractivity contribution in [3.63, 3.8) is 0 Å². The molecule has 0 amide bonds. The fraction of sp³-hybridized carbons (Fsp3) is 0.500. The minimum absolute atomic E-state index is 0.137. The van der Waals surface area contributed by atoms with Crippen LogP contribution in [0.5, 0.6) is 0 Å². The highest BCUT2D eigenvalue weighted by Gasteiger charge is 2.78. The first-order chi connectivity index (χ1) is 7.40. The fourth-order valence-electron chi connectivity index (χ4n) is 2.99. The van der Waals surface area contributed by atoms with Gasteiger partial charge in [-0.3, -0.25) is 0 Å². The molecule has 1 nitrogen and oxygen atoms in total. The Morgan fingerprint density at radius 2 is 1.94 bits per heavy atom. The van der Waals surface area contributed by atoms with Gasteiger partial charge in [-0.1, -0.05) is 37.3 Å². The van der Waals surface area contributed by atoms with Crippen LogP contribution in [0.4, 0.5) is 0 Å². The van der Waals surface area contributed by atoms with Crippen LogP contribution in [-0.4, -0.2) is 16.7 Å². The van der Waals surface area contributed by atoms with E-state index in [1.165, 1.54) is 0 Å². The number of rotatable bonds is 1. The van der Waals surface area contributed by atoms with E-state index in [2.05, 4.69) is 6.92 Å². The van der Waals surface area contributed by atoms with Crippen LogP contribution in [0.15, 0.2) is 30.3 Å².